The molecule has 30 heavy (non-hydrogen) atoms. The highest BCUT2D eigenvalue weighted by molar-refractivity contribution is 5.67. The largest absolute Gasteiger partial charge is 0.409 e. The van der Waals surface area contributed by atoms with Gasteiger partial charge in [-0.05, 0) is 78.8 Å². The first-order valence-electron chi connectivity index (χ1n) is 10.1. The fraction of sp³-hybridized carbons (Fsp3) is 0.417. The molecule has 0 unspecified atom stereocenters. The van der Waals surface area contributed by atoms with Crippen molar-refractivity contribution < 1.29 is 26.3 Å². The van der Waals surface area contributed by atoms with E-state index in [9.17, 15) is 26.3 Å². The van der Waals surface area contributed by atoms with Gasteiger partial charge in [0.15, 0.2) is 0 Å². The molecule has 1 fully saturated rings. The van der Waals surface area contributed by atoms with Crippen LogP contribution in [0.15, 0.2) is 36.4 Å². The summed E-state index contributed by atoms with van der Waals surface area (Å²) < 4.78 is 80.0. The number of benzene rings is 2. The Kier molecular flexibility index (Phi) is 6.63. The zero-order valence-corrected chi connectivity index (χ0v) is 16.9. The van der Waals surface area contributed by atoms with E-state index in [2.05, 4.69) is 13.8 Å². The zero-order valence-electron chi connectivity index (χ0n) is 16.9. The Morgan fingerprint density at radius 3 is 1.97 bits per heavy atom. The van der Waals surface area contributed by atoms with Crippen LogP contribution in [0.25, 0.3) is 17.2 Å². The molecule has 1 saturated carbocycles. The molecule has 0 aromatic heterocycles. The molecule has 0 atom stereocenters. The van der Waals surface area contributed by atoms with E-state index in [0.29, 0.717) is 17.9 Å². The van der Waals surface area contributed by atoms with E-state index < -0.39 is 29.2 Å². The van der Waals surface area contributed by atoms with Gasteiger partial charge in [0, 0.05) is 17.2 Å². The third kappa shape index (κ3) is 5.27. The minimum absolute atomic E-state index is 0.0127. The summed E-state index contributed by atoms with van der Waals surface area (Å²) in [5.41, 5.74) is 0.0136. The maximum absolute atomic E-state index is 14.8. The van der Waals surface area contributed by atoms with Gasteiger partial charge in [-0.1, -0.05) is 26.0 Å². The van der Waals surface area contributed by atoms with Gasteiger partial charge in [0.1, 0.15) is 17.5 Å². The SMILES string of the molecule is CC(C)C1CCC(c2ccc(-c3cc(F)c(/C=C/C(F)(F)F)c(F)c3)c(F)c2)CC1. The smallest absolute Gasteiger partial charge is 0.206 e. The van der Waals surface area contributed by atoms with Crippen LogP contribution in [0.5, 0.6) is 0 Å². The molecule has 0 radical (unpaired) electrons. The molecule has 6 heteroatoms. The van der Waals surface area contributed by atoms with Gasteiger partial charge in [0.25, 0.3) is 0 Å². The van der Waals surface area contributed by atoms with E-state index in [1.165, 1.54) is 12.1 Å². The van der Waals surface area contributed by atoms with Crippen LogP contribution in [-0.2, 0) is 0 Å². The average Bonchev–Trinajstić information content (AvgIpc) is 2.66. The van der Waals surface area contributed by atoms with Crippen LogP contribution in [0.2, 0.25) is 0 Å². The lowest BCUT2D eigenvalue weighted by Crippen LogP contribution is -2.17. The fourth-order valence-corrected chi connectivity index (χ4v) is 4.22. The minimum Gasteiger partial charge on any atom is -0.206 e. The second-order valence-corrected chi connectivity index (χ2v) is 8.32. The summed E-state index contributed by atoms with van der Waals surface area (Å²) in [5, 5.41) is 0. The second kappa shape index (κ2) is 8.86. The van der Waals surface area contributed by atoms with Crippen molar-refractivity contribution in [2.75, 3.05) is 0 Å². The quantitative estimate of drug-likeness (QED) is 0.432. The molecule has 3 rings (SSSR count). The predicted molar refractivity (Wildman–Crippen MR) is 106 cm³/mol. The van der Waals surface area contributed by atoms with E-state index in [1.807, 2.05) is 0 Å². The van der Waals surface area contributed by atoms with E-state index in [-0.39, 0.29) is 23.1 Å². The molecule has 0 spiro atoms. The van der Waals surface area contributed by atoms with E-state index in [0.717, 1.165) is 43.4 Å². The van der Waals surface area contributed by atoms with Crippen LogP contribution in [0.1, 0.15) is 56.6 Å². The maximum atomic E-state index is 14.8. The minimum atomic E-state index is -4.69. The maximum Gasteiger partial charge on any atom is 0.409 e. The van der Waals surface area contributed by atoms with Gasteiger partial charge in [0.2, 0.25) is 0 Å². The summed E-state index contributed by atoms with van der Waals surface area (Å²) in [6, 6.07) is 6.36. The van der Waals surface area contributed by atoms with Gasteiger partial charge in [-0.2, -0.15) is 13.2 Å². The Labute approximate surface area is 172 Å². The van der Waals surface area contributed by atoms with Crippen molar-refractivity contribution in [3.8, 4) is 11.1 Å². The summed E-state index contributed by atoms with van der Waals surface area (Å²) in [6.45, 7) is 4.42. The van der Waals surface area contributed by atoms with Crippen LogP contribution < -0.4 is 0 Å². The lowest BCUT2D eigenvalue weighted by Gasteiger charge is -2.31. The molecule has 0 N–H and O–H groups in total. The van der Waals surface area contributed by atoms with Crippen molar-refractivity contribution >= 4 is 6.08 Å². The summed E-state index contributed by atoms with van der Waals surface area (Å²) in [4.78, 5) is 0. The van der Waals surface area contributed by atoms with Crippen molar-refractivity contribution in [2.45, 2.75) is 51.6 Å². The van der Waals surface area contributed by atoms with E-state index in [1.54, 1.807) is 6.07 Å². The normalized spacial score (nSPS) is 20.3. The van der Waals surface area contributed by atoms with Crippen LogP contribution in [-0.4, -0.2) is 6.18 Å². The van der Waals surface area contributed by atoms with E-state index in [4.69, 9.17) is 0 Å². The lowest BCUT2D eigenvalue weighted by atomic mass is 9.74. The third-order valence-corrected chi connectivity index (χ3v) is 6.01. The van der Waals surface area contributed by atoms with Crippen LogP contribution >= 0.6 is 0 Å². The number of halogens is 6. The number of allylic oxidation sites excluding steroid dienone is 1. The number of alkyl halides is 3. The summed E-state index contributed by atoms with van der Waals surface area (Å²) in [6.07, 6.45) is -0.451. The van der Waals surface area contributed by atoms with Crippen molar-refractivity contribution in [2.24, 2.45) is 11.8 Å². The summed E-state index contributed by atoms with van der Waals surface area (Å²) in [5.74, 6) is -1.39. The number of rotatable bonds is 4. The topological polar surface area (TPSA) is 0 Å². The predicted octanol–water partition coefficient (Wildman–Crippen LogP) is 8.28. The van der Waals surface area contributed by atoms with Gasteiger partial charge in [-0.15, -0.1) is 0 Å². The highest BCUT2D eigenvalue weighted by Crippen LogP contribution is 2.39. The fourth-order valence-electron chi connectivity index (χ4n) is 4.22. The molecule has 0 nitrogen and oxygen atoms in total. The molecule has 2 aromatic rings. The zero-order chi connectivity index (χ0) is 22.1. The lowest BCUT2D eigenvalue weighted by molar-refractivity contribution is -0.0790. The van der Waals surface area contributed by atoms with E-state index >= 15 is 0 Å². The molecule has 1 aliphatic carbocycles. The molecule has 0 bridgehead atoms. The molecule has 162 valence electrons. The molecule has 0 amide bonds. The standard InChI is InChI=1S/C24H24F6/c1-14(2)15-3-5-16(6-4-15)17-7-8-19(21(25)11-17)18-12-22(26)20(23(27)13-18)9-10-24(28,29)30/h7-16H,3-6H2,1-2H3/b10-9+. The second-order valence-electron chi connectivity index (χ2n) is 8.32. The van der Waals surface area contributed by atoms with Crippen molar-refractivity contribution in [1.82, 2.24) is 0 Å². The molecule has 0 saturated heterocycles. The molecular weight excluding hydrogens is 402 g/mol. The van der Waals surface area contributed by atoms with Gasteiger partial charge in [-0.3, -0.25) is 0 Å². The van der Waals surface area contributed by atoms with Gasteiger partial charge in [-0.25, -0.2) is 13.2 Å². The molecule has 0 aliphatic heterocycles. The Hall–Kier alpha value is -2.24. The first-order valence-corrected chi connectivity index (χ1v) is 10.1. The van der Waals surface area contributed by atoms with Crippen LogP contribution in [0.3, 0.4) is 0 Å². The number of hydrogen-bond donors (Lipinski definition) is 0. The summed E-state index contributed by atoms with van der Waals surface area (Å²) in [7, 11) is 0. The Balaban J connectivity index is 1.83. The van der Waals surface area contributed by atoms with Crippen molar-refractivity contribution in [3.63, 3.8) is 0 Å². The van der Waals surface area contributed by atoms with Crippen molar-refractivity contribution in [1.29, 1.82) is 0 Å². The first kappa shape index (κ1) is 22.4. The van der Waals surface area contributed by atoms with Gasteiger partial charge < -0.3 is 0 Å². The van der Waals surface area contributed by atoms with Gasteiger partial charge in [0.05, 0.1) is 0 Å². The highest BCUT2D eigenvalue weighted by Gasteiger charge is 2.25. The number of hydrogen-bond acceptors (Lipinski definition) is 0. The Bertz CT molecular complexity index is 895. The monoisotopic (exact) mass is 426 g/mol. The molecule has 2 aromatic carbocycles. The molecule has 0 heterocycles. The third-order valence-electron chi connectivity index (χ3n) is 6.01. The highest BCUT2D eigenvalue weighted by atomic mass is 19.4. The van der Waals surface area contributed by atoms with Crippen molar-refractivity contribution in [3.05, 3.63) is 65.0 Å². The van der Waals surface area contributed by atoms with Gasteiger partial charge >= 0.3 is 6.18 Å². The molecular formula is C24H24F6. The Morgan fingerprint density at radius 1 is 0.867 bits per heavy atom. The summed E-state index contributed by atoms with van der Waals surface area (Å²) >= 11 is 0. The van der Waals surface area contributed by atoms with Crippen LogP contribution in [0.4, 0.5) is 26.3 Å². The van der Waals surface area contributed by atoms with Crippen LogP contribution in [0, 0.1) is 29.3 Å². The Morgan fingerprint density at radius 2 is 1.47 bits per heavy atom. The first-order chi connectivity index (χ1) is 14.0. The molecule has 1 aliphatic rings. The average molecular weight is 426 g/mol.